The maximum atomic E-state index is 12.6. The van der Waals surface area contributed by atoms with E-state index in [4.69, 9.17) is 0 Å². The number of aromatic nitrogens is 1. The summed E-state index contributed by atoms with van der Waals surface area (Å²) in [6.45, 7) is 6.85. The SMILES string of the molecule is CCN1CCN(C(=O)Cn2ccc(=O)c3cc(Br)ccc32)CC1. The summed E-state index contributed by atoms with van der Waals surface area (Å²) in [5.74, 6) is 0.105. The largest absolute Gasteiger partial charge is 0.339 e. The van der Waals surface area contributed by atoms with Gasteiger partial charge in [0.05, 0.1) is 5.52 Å². The smallest absolute Gasteiger partial charge is 0.242 e. The van der Waals surface area contributed by atoms with Gasteiger partial charge in [0.25, 0.3) is 0 Å². The van der Waals surface area contributed by atoms with Crippen molar-refractivity contribution in [3.05, 3.63) is 45.2 Å². The van der Waals surface area contributed by atoms with Gasteiger partial charge in [-0.1, -0.05) is 22.9 Å². The zero-order valence-electron chi connectivity index (χ0n) is 13.2. The molecule has 0 radical (unpaired) electrons. The molecule has 1 aromatic carbocycles. The molecule has 6 heteroatoms. The Balaban J connectivity index is 1.81. The van der Waals surface area contributed by atoms with E-state index in [1.54, 1.807) is 12.3 Å². The Morgan fingerprint density at radius 1 is 1.17 bits per heavy atom. The van der Waals surface area contributed by atoms with Crippen molar-refractivity contribution < 1.29 is 4.79 Å². The number of fused-ring (bicyclic) bond motifs is 1. The molecule has 0 saturated carbocycles. The van der Waals surface area contributed by atoms with Crippen LogP contribution in [0.5, 0.6) is 0 Å². The zero-order valence-corrected chi connectivity index (χ0v) is 14.8. The van der Waals surface area contributed by atoms with Gasteiger partial charge in [0.15, 0.2) is 5.43 Å². The van der Waals surface area contributed by atoms with E-state index in [0.717, 1.165) is 42.7 Å². The lowest BCUT2D eigenvalue weighted by Gasteiger charge is -2.34. The Hall–Kier alpha value is -1.66. The lowest BCUT2D eigenvalue weighted by atomic mass is 10.2. The van der Waals surface area contributed by atoms with Crippen LogP contribution in [-0.2, 0) is 11.3 Å². The molecule has 3 rings (SSSR count). The van der Waals surface area contributed by atoms with Crippen LogP contribution in [0.25, 0.3) is 10.9 Å². The molecule has 1 aromatic heterocycles. The van der Waals surface area contributed by atoms with Gasteiger partial charge >= 0.3 is 0 Å². The minimum Gasteiger partial charge on any atom is -0.339 e. The molecule has 2 heterocycles. The highest BCUT2D eigenvalue weighted by molar-refractivity contribution is 9.10. The second-order valence-corrected chi connectivity index (χ2v) is 6.70. The first-order valence-electron chi connectivity index (χ1n) is 7.87. The second kappa shape index (κ2) is 6.84. The highest BCUT2D eigenvalue weighted by Crippen LogP contribution is 2.17. The molecule has 1 saturated heterocycles. The number of pyridine rings is 1. The van der Waals surface area contributed by atoms with E-state index in [0.29, 0.717) is 5.39 Å². The number of hydrogen-bond donors (Lipinski definition) is 0. The predicted octanol–water partition coefficient (Wildman–Crippen LogP) is 1.93. The van der Waals surface area contributed by atoms with E-state index < -0.39 is 0 Å². The third-order valence-electron chi connectivity index (χ3n) is 4.42. The van der Waals surface area contributed by atoms with Gasteiger partial charge in [-0.3, -0.25) is 9.59 Å². The average molecular weight is 378 g/mol. The standard InChI is InChI=1S/C17H20BrN3O2/c1-2-19-7-9-20(10-8-19)17(23)12-21-6-5-16(22)14-11-13(18)3-4-15(14)21/h3-6,11H,2,7-10,12H2,1H3. The summed E-state index contributed by atoms with van der Waals surface area (Å²) >= 11 is 3.39. The number of piperazine rings is 1. The van der Waals surface area contributed by atoms with Crippen LogP contribution in [0.4, 0.5) is 0 Å². The van der Waals surface area contributed by atoms with E-state index in [9.17, 15) is 9.59 Å². The number of nitrogens with zero attached hydrogens (tertiary/aromatic N) is 3. The third-order valence-corrected chi connectivity index (χ3v) is 4.91. The summed E-state index contributed by atoms with van der Waals surface area (Å²) in [4.78, 5) is 28.8. The van der Waals surface area contributed by atoms with Crippen LogP contribution in [0, 0.1) is 0 Å². The summed E-state index contributed by atoms with van der Waals surface area (Å²) in [6.07, 6.45) is 1.71. The quantitative estimate of drug-likeness (QED) is 0.820. The predicted molar refractivity (Wildman–Crippen MR) is 94.6 cm³/mol. The number of likely N-dealkylation sites (N-methyl/N-ethyl adjacent to an activating group) is 1. The Kier molecular flexibility index (Phi) is 4.82. The first kappa shape index (κ1) is 16.2. The lowest BCUT2D eigenvalue weighted by molar-refractivity contribution is -0.133. The van der Waals surface area contributed by atoms with E-state index in [-0.39, 0.29) is 17.9 Å². The molecule has 1 aliphatic heterocycles. The molecular formula is C17H20BrN3O2. The first-order chi connectivity index (χ1) is 11.1. The third kappa shape index (κ3) is 3.48. The molecule has 0 spiro atoms. The summed E-state index contributed by atoms with van der Waals surface area (Å²) in [5, 5.41) is 0.630. The molecule has 1 fully saturated rings. The van der Waals surface area contributed by atoms with Crippen LogP contribution in [-0.4, -0.2) is 53.0 Å². The van der Waals surface area contributed by atoms with Crippen molar-refractivity contribution in [2.75, 3.05) is 32.7 Å². The van der Waals surface area contributed by atoms with Crippen molar-refractivity contribution in [3.8, 4) is 0 Å². The van der Waals surface area contributed by atoms with Crippen molar-refractivity contribution in [2.45, 2.75) is 13.5 Å². The van der Waals surface area contributed by atoms with Gasteiger partial charge in [-0.05, 0) is 24.7 Å². The molecule has 122 valence electrons. The summed E-state index contributed by atoms with van der Waals surface area (Å²) < 4.78 is 2.72. The molecule has 0 atom stereocenters. The topological polar surface area (TPSA) is 45.5 Å². The molecule has 1 amide bonds. The van der Waals surface area contributed by atoms with E-state index in [2.05, 4.69) is 27.8 Å². The van der Waals surface area contributed by atoms with Crippen molar-refractivity contribution in [1.82, 2.24) is 14.4 Å². The molecule has 1 aliphatic rings. The Labute approximate surface area is 143 Å². The van der Waals surface area contributed by atoms with Crippen LogP contribution < -0.4 is 5.43 Å². The molecule has 0 bridgehead atoms. The summed E-state index contributed by atoms with van der Waals surface area (Å²) in [5.41, 5.74) is 0.766. The van der Waals surface area contributed by atoms with Crippen LogP contribution in [0.2, 0.25) is 0 Å². The molecule has 0 unspecified atom stereocenters. The maximum Gasteiger partial charge on any atom is 0.242 e. The highest BCUT2D eigenvalue weighted by atomic mass is 79.9. The Bertz CT molecular complexity index is 779. The Morgan fingerprint density at radius 2 is 1.91 bits per heavy atom. The summed E-state index contributed by atoms with van der Waals surface area (Å²) in [7, 11) is 0. The number of amides is 1. The minimum absolute atomic E-state index is 0.0263. The molecule has 5 nitrogen and oxygen atoms in total. The van der Waals surface area contributed by atoms with E-state index in [1.165, 1.54) is 6.07 Å². The van der Waals surface area contributed by atoms with Crippen LogP contribution in [0.1, 0.15) is 6.92 Å². The Morgan fingerprint density at radius 3 is 2.61 bits per heavy atom. The maximum absolute atomic E-state index is 12.6. The van der Waals surface area contributed by atoms with Gasteiger partial charge in [0.2, 0.25) is 5.91 Å². The van der Waals surface area contributed by atoms with E-state index in [1.807, 2.05) is 21.6 Å². The molecule has 23 heavy (non-hydrogen) atoms. The number of halogens is 1. The molecule has 2 aromatic rings. The van der Waals surface area contributed by atoms with Crippen molar-refractivity contribution >= 4 is 32.7 Å². The average Bonchev–Trinajstić information content (AvgIpc) is 2.57. The summed E-state index contributed by atoms with van der Waals surface area (Å²) in [6, 6.07) is 7.10. The van der Waals surface area contributed by atoms with Gasteiger partial charge < -0.3 is 14.4 Å². The van der Waals surface area contributed by atoms with Crippen molar-refractivity contribution in [3.63, 3.8) is 0 Å². The highest BCUT2D eigenvalue weighted by Gasteiger charge is 2.20. The fourth-order valence-electron chi connectivity index (χ4n) is 2.98. The minimum atomic E-state index is -0.0263. The van der Waals surface area contributed by atoms with Crippen molar-refractivity contribution in [2.24, 2.45) is 0 Å². The number of rotatable bonds is 3. The molecular weight excluding hydrogens is 358 g/mol. The van der Waals surface area contributed by atoms with E-state index >= 15 is 0 Å². The number of carbonyl (C=O) groups excluding carboxylic acids is 1. The van der Waals surface area contributed by atoms with Gasteiger partial charge in [0.1, 0.15) is 6.54 Å². The van der Waals surface area contributed by atoms with Crippen LogP contribution >= 0.6 is 15.9 Å². The van der Waals surface area contributed by atoms with Gasteiger partial charge in [-0.25, -0.2) is 0 Å². The zero-order chi connectivity index (χ0) is 16.4. The van der Waals surface area contributed by atoms with Gasteiger partial charge in [-0.15, -0.1) is 0 Å². The lowest BCUT2D eigenvalue weighted by Crippen LogP contribution is -2.49. The normalized spacial score (nSPS) is 16.0. The number of benzene rings is 1. The molecule has 0 N–H and O–H groups in total. The van der Waals surface area contributed by atoms with Gasteiger partial charge in [-0.2, -0.15) is 0 Å². The first-order valence-corrected chi connectivity index (χ1v) is 8.66. The van der Waals surface area contributed by atoms with Gasteiger partial charge in [0, 0.05) is 48.3 Å². The molecule has 0 aliphatic carbocycles. The van der Waals surface area contributed by atoms with Crippen molar-refractivity contribution in [1.29, 1.82) is 0 Å². The second-order valence-electron chi connectivity index (χ2n) is 5.78. The number of hydrogen-bond acceptors (Lipinski definition) is 3. The van der Waals surface area contributed by atoms with Crippen LogP contribution in [0.3, 0.4) is 0 Å². The van der Waals surface area contributed by atoms with Crippen LogP contribution in [0.15, 0.2) is 39.7 Å². The fourth-order valence-corrected chi connectivity index (χ4v) is 3.34. The number of carbonyl (C=O) groups is 1. The fraction of sp³-hybridized carbons (Fsp3) is 0.412. The monoisotopic (exact) mass is 377 g/mol.